The van der Waals surface area contributed by atoms with Gasteiger partial charge in [-0.2, -0.15) is 0 Å². The van der Waals surface area contributed by atoms with E-state index in [0.717, 1.165) is 11.1 Å². The van der Waals surface area contributed by atoms with E-state index < -0.39 is 36.7 Å². The predicted octanol–water partition coefficient (Wildman–Crippen LogP) is 2.16. The number of esters is 1. The van der Waals surface area contributed by atoms with Gasteiger partial charge in [-0.25, -0.2) is 9.59 Å². The Morgan fingerprint density at radius 1 is 0.839 bits per heavy atom. The molecule has 0 bridgehead atoms. The predicted molar refractivity (Wildman–Crippen MR) is 114 cm³/mol. The summed E-state index contributed by atoms with van der Waals surface area (Å²) < 4.78 is 10.4. The molecule has 166 valence electrons. The summed E-state index contributed by atoms with van der Waals surface area (Å²) in [5.41, 5.74) is 1.60. The fourth-order valence-corrected chi connectivity index (χ4v) is 2.67. The number of benzene rings is 2. The fraction of sp³-hybridized carbons (Fsp3) is 0.348. The summed E-state index contributed by atoms with van der Waals surface area (Å²) in [5.74, 6) is -1.58. The first kappa shape index (κ1) is 23.9. The molecule has 2 aromatic carbocycles. The summed E-state index contributed by atoms with van der Waals surface area (Å²) in [6.45, 7) is 2.95. The Morgan fingerprint density at radius 2 is 1.35 bits per heavy atom. The topological polar surface area (TPSA) is 114 Å². The Labute approximate surface area is 181 Å². The molecule has 3 N–H and O–H groups in total. The highest BCUT2D eigenvalue weighted by molar-refractivity contribution is 5.89. The summed E-state index contributed by atoms with van der Waals surface area (Å²) in [6, 6.07) is 16.0. The minimum atomic E-state index is -1.27. The second-order valence-corrected chi connectivity index (χ2v) is 7.26. The Balaban J connectivity index is 1.88. The lowest BCUT2D eigenvalue weighted by Gasteiger charge is -2.23. The van der Waals surface area contributed by atoms with Gasteiger partial charge >= 0.3 is 12.1 Å². The molecule has 0 aromatic heterocycles. The Kier molecular flexibility index (Phi) is 9.51. The number of alkyl carbamates (subject to hydrolysis) is 1. The van der Waals surface area contributed by atoms with E-state index in [1.807, 2.05) is 48.5 Å². The van der Waals surface area contributed by atoms with Crippen LogP contribution in [0.15, 0.2) is 60.7 Å². The van der Waals surface area contributed by atoms with Gasteiger partial charge in [-0.3, -0.25) is 4.79 Å². The van der Waals surface area contributed by atoms with Crippen molar-refractivity contribution in [3.63, 3.8) is 0 Å². The van der Waals surface area contributed by atoms with Gasteiger partial charge < -0.3 is 25.2 Å². The summed E-state index contributed by atoms with van der Waals surface area (Å²) in [4.78, 5) is 37.0. The van der Waals surface area contributed by atoms with Gasteiger partial charge in [0.15, 0.2) is 0 Å². The van der Waals surface area contributed by atoms with Crippen molar-refractivity contribution in [1.29, 1.82) is 0 Å². The second-order valence-electron chi connectivity index (χ2n) is 7.26. The molecule has 2 amide bonds. The summed E-state index contributed by atoms with van der Waals surface area (Å²) in [5, 5.41) is 14.4. The normalized spacial score (nSPS) is 12.5. The molecule has 0 aliphatic rings. The molecule has 0 aliphatic heterocycles. The van der Waals surface area contributed by atoms with Crippen molar-refractivity contribution >= 4 is 18.0 Å². The molecule has 2 atom stereocenters. The van der Waals surface area contributed by atoms with Gasteiger partial charge in [0.25, 0.3) is 0 Å². The van der Waals surface area contributed by atoms with E-state index in [9.17, 15) is 19.5 Å². The molecular formula is C23H28N2O6. The number of hydrogen-bond acceptors (Lipinski definition) is 6. The number of rotatable bonds is 10. The van der Waals surface area contributed by atoms with Crippen LogP contribution in [-0.2, 0) is 32.3 Å². The SMILES string of the molecule is CC(C)C(NC(=O)[C@H](CO)NC(=O)OCc1ccccc1)C(=O)OCc1ccccc1. The fourth-order valence-electron chi connectivity index (χ4n) is 2.67. The van der Waals surface area contributed by atoms with E-state index >= 15 is 0 Å². The van der Waals surface area contributed by atoms with Crippen molar-refractivity contribution in [3.8, 4) is 0 Å². The van der Waals surface area contributed by atoms with Crippen LogP contribution in [0.3, 0.4) is 0 Å². The van der Waals surface area contributed by atoms with Crippen molar-refractivity contribution in [1.82, 2.24) is 10.6 Å². The highest BCUT2D eigenvalue weighted by Gasteiger charge is 2.29. The van der Waals surface area contributed by atoms with Crippen LogP contribution in [0.25, 0.3) is 0 Å². The third-order valence-corrected chi connectivity index (χ3v) is 4.45. The van der Waals surface area contributed by atoms with Gasteiger partial charge in [0.05, 0.1) is 6.61 Å². The molecule has 0 heterocycles. The molecule has 2 rings (SSSR count). The molecule has 31 heavy (non-hydrogen) atoms. The van der Waals surface area contributed by atoms with Crippen molar-refractivity contribution in [2.45, 2.75) is 39.1 Å². The minimum absolute atomic E-state index is 0.0207. The van der Waals surface area contributed by atoms with Crippen LogP contribution >= 0.6 is 0 Å². The molecule has 0 radical (unpaired) electrons. The zero-order valence-corrected chi connectivity index (χ0v) is 17.6. The number of hydrogen-bond donors (Lipinski definition) is 3. The van der Waals surface area contributed by atoms with Crippen LogP contribution in [0.1, 0.15) is 25.0 Å². The third-order valence-electron chi connectivity index (χ3n) is 4.45. The average molecular weight is 428 g/mol. The zero-order chi connectivity index (χ0) is 22.6. The minimum Gasteiger partial charge on any atom is -0.459 e. The van der Waals surface area contributed by atoms with E-state index in [1.165, 1.54) is 0 Å². The highest BCUT2D eigenvalue weighted by Crippen LogP contribution is 2.08. The van der Waals surface area contributed by atoms with Gasteiger partial charge in [0.2, 0.25) is 5.91 Å². The van der Waals surface area contributed by atoms with Crippen LogP contribution in [0.5, 0.6) is 0 Å². The number of amides is 2. The van der Waals surface area contributed by atoms with E-state index in [0.29, 0.717) is 0 Å². The molecular weight excluding hydrogens is 400 g/mol. The van der Waals surface area contributed by atoms with Crippen LogP contribution in [0.2, 0.25) is 0 Å². The Morgan fingerprint density at radius 3 is 1.84 bits per heavy atom. The van der Waals surface area contributed by atoms with Crippen LogP contribution in [0, 0.1) is 5.92 Å². The maximum Gasteiger partial charge on any atom is 0.408 e. The zero-order valence-electron chi connectivity index (χ0n) is 17.6. The smallest absolute Gasteiger partial charge is 0.408 e. The van der Waals surface area contributed by atoms with E-state index in [4.69, 9.17) is 9.47 Å². The first-order chi connectivity index (χ1) is 14.9. The van der Waals surface area contributed by atoms with Crippen molar-refractivity contribution in [2.75, 3.05) is 6.61 Å². The molecule has 0 fully saturated rings. The first-order valence-electron chi connectivity index (χ1n) is 9.99. The van der Waals surface area contributed by atoms with Crippen molar-refractivity contribution in [2.24, 2.45) is 5.92 Å². The van der Waals surface area contributed by atoms with E-state index in [2.05, 4.69) is 10.6 Å². The molecule has 0 spiro atoms. The average Bonchev–Trinajstić information content (AvgIpc) is 2.79. The number of ether oxygens (including phenoxy) is 2. The van der Waals surface area contributed by atoms with Gasteiger partial charge in [-0.15, -0.1) is 0 Å². The Hall–Kier alpha value is -3.39. The third kappa shape index (κ3) is 8.10. The molecule has 0 saturated carbocycles. The van der Waals surface area contributed by atoms with Crippen molar-refractivity contribution in [3.05, 3.63) is 71.8 Å². The summed E-state index contributed by atoms with van der Waals surface area (Å²) in [6.07, 6.45) is -0.856. The van der Waals surface area contributed by atoms with E-state index in [-0.39, 0.29) is 19.1 Å². The lowest BCUT2D eigenvalue weighted by atomic mass is 10.0. The second kappa shape index (κ2) is 12.3. The number of aliphatic hydroxyl groups is 1. The monoisotopic (exact) mass is 428 g/mol. The maximum absolute atomic E-state index is 12.5. The molecule has 8 heteroatoms. The van der Waals surface area contributed by atoms with E-state index in [1.54, 1.807) is 26.0 Å². The molecule has 8 nitrogen and oxygen atoms in total. The van der Waals surface area contributed by atoms with Crippen LogP contribution in [0.4, 0.5) is 4.79 Å². The quantitative estimate of drug-likeness (QED) is 0.500. The number of carbonyl (C=O) groups excluding carboxylic acids is 3. The van der Waals surface area contributed by atoms with Gasteiger partial charge in [0.1, 0.15) is 25.3 Å². The van der Waals surface area contributed by atoms with Crippen LogP contribution in [-0.4, -0.2) is 41.8 Å². The molecule has 0 aliphatic carbocycles. The lowest BCUT2D eigenvalue weighted by molar-refractivity contribution is -0.150. The maximum atomic E-state index is 12.5. The lowest BCUT2D eigenvalue weighted by Crippen LogP contribution is -2.54. The molecule has 1 unspecified atom stereocenters. The van der Waals surface area contributed by atoms with Gasteiger partial charge in [0, 0.05) is 0 Å². The van der Waals surface area contributed by atoms with Crippen LogP contribution < -0.4 is 10.6 Å². The van der Waals surface area contributed by atoms with Gasteiger partial charge in [-0.1, -0.05) is 74.5 Å². The van der Waals surface area contributed by atoms with Crippen molar-refractivity contribution < 1.29 is 29.0 Å². The number of aliphatic hydroxyl groups excluding tert-OH is 1. The molecule has 2 aromatic rings. The summed E-state index contributed by atoms with van der Waals surface area (Å²) in [7, 11) is 0. The van der Waals surface area contributed by atoms with Gasteiger partial charge in [-0.05, 0) is 17.0 Å². The summed E-state index contributed by atoms with van der Waals surface area (Å²) >= 11 is 0. The number of carbonyl (C=O) groups is 3. The first-order valence-corrected chi connectivity index (χ1v) is 9.99. The highest BCUT2D eigenvalue weighted by atomic mass is 16.5. The number of nitrogens with one attached hydrogen (secondary N) is 2. The standard InChI is InChI=1S/C23H28N2O6/c1-16(2)20(22(28)30-14-17-9-5-3-6-10-17)25-21(27)19(13-26)24-23(29)31-15-18-11-7-4-8-12-18/h3-12,16,19-20,26H,13-15H2,1-2H3,(H,24,29)(H,25,27)/t19-,20?/m0/s1. The Bertz CT molecular complexity index is 842. The molecule has 0 saturated heterocycles. The largest absolute Gasteiger partial charge is 0.459 e.